The number of rotatable bonds is 3. The molecule has 4 aromatic rings. The molecule has 1 aromatic heterocycles. The number of hydrogen-bond donors (Lipinski definition) is 1. The molecule has 0 saturated heterocycles. The van der Waals surface area contributed by atoms with Crippen LogP contribution in [0.1, 0.15) is 15.9 Å². The van der Waals surface area contributed by atoms with Gasteiger partial charge in [0.05, 0.1) is 15.9 Å². The topological polar surface area (TPSA) is 42.0 Å². The van der Waals surface area contributed by atoms with E-state index in [1.54, 1.807) is 23.5 Å². The summed E-state index contributed by atoms with van der Waals surface area (Å²) >= 11 is 14.9. The van der Waals surface area contributed by atoms with Gasteiger partial charge in [-0.1, -0.05) is 45.7 Å². The number of halogens is 3. The Bertz CT molecular complexity index is 1190. The minimum absolute atomic E-state index is 0.229. The highest BCUT2D eigenvalue weighted by atomic mass is 79.9. The van der Waals surface area contributed by atoms with Crippen LogP contribution >= 0.6 is 54.8 Å². The standard InChI is InChI=1S/C21H13Br2ClN2OS/c1-11-6-7-12(8-16(11)24)20(27)26-19-14(9-13(22)10-15(19)23)21-25-17-4-2-3-5-18(17)28-21/h2-10H,1H3,(H,26,27). The highest BCUT2D eigenvalue weighted by molar-refractivity contribution is 9.11. The largest absolute Gasteiger partial charge is 0.320 e. The molecular formula is C21H13Br2ClN2OS. The lowest BCUT2D eigenvalue weighted by molar-refractivity contribution is 0.102. The SMILES string of the molecule is Cc1ccc(C(=O)Nc2c(Br)cc(Br)cc2-c2nc3ccccc3s2)cc1Cl. The summed E-state index contributed by atoms with van der Waals surface area (Å²) in [5.41, 5.74) is 3.87. The molecule has 0 bridgehead atoms. The molecule has 0 aliphatic heterocycles. The van der Waals surface area contributed by atoms with Crippen LogP contribution in [0.4, 0.5) is 5.69 Å². The van der Waals surface area contributed by atoms with Crippen LogP contribution in [0.15, 0.2) is 63.5 Å². The highest BCUT2D eigenvalue weighted by Crippen LogP contribution is 2.40. The number of benzene rings is 3. The Morgan fingerprint density at radius 1 is 1.11 bits per heavy atom. The van der Waals surface area contributed by atoms with Gasteiger partial charge in [0.15, 0.2) is 0 Å². The number of anilines is 1. The fraction of sp³-hybridized carbons (Fsp3) is 0.0476. The number of fused-ring (bicyclic) bond motifs is 1. The Labute approximate surface area is 188 Å². The zero-order chi connectivity index (χ0) is 19.8. The Hall–Kier alpha value is -1.73. The maximum atomic E-state index is 12.9. The van der Waals surface area contributed by atoms with E-state index in [4.69, 9.17) is 16.6 Å². The van der Waals surface area contributed by atoms with Crippen molar-refractivity contribution >= 4 is 76.6 Å². The summed E-state index contributed by atoms with van der Waals surface area (Å²) in [5.74, 6) is -0.229. The van der Waals surface area contributed by atoms with Crippen molar-refractivity contribution in [3.05, 3.63) is 79.7 Å². The minimum atomic E-state index is -0.229. The molecule has 4 rings (SSSR count). The van der Waals surface area contributed by atoms with Gasteiger partial charge in [0, 0.05) is 25.1 Å². The monoisotopic (exact) mass is 534 g/mol. The van der Waals surface area contributed by atoms with Crippen LogP contribution in [0.5, 0.6) is 0 Å². The Kier molecular flexibility index (Phi) is 5.56. The molecule has 0 saturated carbocycles. The molecule has 1 heterocycles. The van der Waals surface area contributed by atoms with E-state index >= 15 is 0 Å². The first-order valence-electron chi connectivity index (χ1n) is 8.35. The lowest BCUT2D eigenvalue weighted by Crippen LogP contribution is -2.13. The normalized spacial score (nSPS) is 11.0. The Balaban J connectivity index is 1.78. The molecule has 3 aromatic carbocycles. The Morgan fingerprint density at radius 3 is 2.64 bits per heavy atom. The molecule has 1 amide bonds. The molecule has 3 nitrogen and oxygen atoms in total. The van der Waals surface area contributed by atoms with Crippen molar-refractivity contribution in [1.29, 1.82) is 0 Å². The third-order valence-electron chi connectivity index (χ3n) is 4.25. The molecule has 0 unspecified atom stereocenters. The van der Waals surface area contributed by atoms with Crippen LogP contribution in [0.2, 0.25) is 5.02 Å². The summed E-state index contributed by atoms with van der Waals surface area (Å²) < 4.78 is 2.75. The quantitative estimate of drug-likeness (QED) is 0.292. The van der Waals surface area contributed by atoms with Gasteiger partial charge in [0.1, 0.15) is 5.01 Å². The van der Waals surface area contributed by atoms with Crippen molar-refractivity contribution in [1.82, 2.24) is 4.98 Å². The van der Waals surface area contributed by atoms with Crippen LogP contribution < -0.4 is 5.32 Å². The molecule has 0 aliphatic rings. The van der Waals surface area contributed by atoms with Gasteiger partial charge in [-0.05, 0) is 64.8 Å². The van der Waals surface area contributed by atoms with Crippen molar-refractivity contribution in [2.24, 2.45) is 0 Å². The summed E-state index contributed by atoms with van der Waals surface area (Å²) in [5, 5.41) is 4.41. The van der Waals surface area contributed by atoms with Gasteiger partial charge in [0.2, 0.25) is 0 Å². The van der Waals surface area contributed by atoms with Gasteiger partial charge < -0.3 is 5.32 Å². The van der Waals surface area contributed by atoms with Gasteiger partial charge in [-0.15, -0.1) is 11.3 Å². The van der Waals surface area contributed by atoms with Crippen molar-refractivity contribution in [2.75, 3.05) is 5.32 Å². The number of aromatic nitrogens is 1. The predicted octanol–water partition coefficient (Wildman–Crippen LogP) is 7.70. The third kappa shape index (κ3) is 3.87. The molecule has 28 heavy (non-hydrogen) atoms. The summed E-state index contributed by atoms with van der Waals surface area (Å²) in [7, 11) is 0. The minimum Gasteiger partial charge on any atom is -0.320 e. The number of carbonyl (C=O) groups excluding carboxylic acids is 1. The lowest BCUT2D eigenvalue weighted by atomic mass is 10.1. The van der Waals surface area contributed by atoms with Crippen LogP contribution in [0.3, 0.4) is 0 Å². The fourth-order valence-corrected chi connectivity index (χ4v) is 5.27. The van der Waals surface area contributed by atoms with E-state index < -0.39 is 0 Å². The first kappa shape index (κ1) is 19.6. The molecule has 140 valence electrons. The molecule has 0 fully saturated rings. The first-order chi connectivity index (χ1) is 13.4. The van der Waals surface area contributed by atoms with Gasteiger partial charge in [-0.3, -0.25) is 4.79 Å². The highest BCUT2D eigenvalue weighted by Gasteiger charge is 2.18. The van der Waals surface area contributed by atoms with E-state index in [0.29, 0.717) is 16.3 Å². The number of aryl methyl sites for hydroxylation is 1. The summed E-state index contributed by atoms with van der Waals surface area (Å²) in [6, 6.07) is 17.1. The van der Waals surface area contributed by atoms with Gasteiger partial charge in [-0.2, -0.15) is 0 Å². The zero-order valence-corrected chi connectivity index (χ0v) is 19.3. The second-order valence-electron chi connectivity index (χ2n) is 6.22. The maximum absolute atomic E-state index is 12.9. The number of amides is 1. The molecule has 0 atom stereocenters. The number of hydrogen-bond acceptors (Lipinski definition) is 3. The second-order valence-corrected chi connectivity index (χ2v) is 9.42. The lowest BCUT2D eigenvalue weighted by Gasteiger charge is -2.13. The average Bonchev–Trinajstić information content (AvgIpc) is 3.09. The van der Waals surface area contributed by atoms with E-state index in [1.807, 2.05) is 49.4 Å². The van der Waals surface area contributed by atoms with Crippen molar-refractivity contribution in [3.63, 3.8) is 0 Å². The smallest absolute Gasteiger partial charge is 0.255 e. The van der Waals surface area contributed by atoms with Gasteiger partial charge in [-0.25, -0.2) is 4.98 Å². The van der Waals surface area contributed by atoms with E-state index in [9.17, 15) is 4.79 Å². The van der Waals surface area contributed by atoms with Gasteiger partial charge in [0.25, 0.3) is 5.91 Å². The van der Waals surface area contributed by atoms with Crippen LogP contribution in [-0.2, 0) is 0 Å². The average molecular weight is 537 g/mol. The predicted molar refractivity (Wildman–Crippen MR) is 125 cm³/mol. The number of nitrogens with one attached hydrogen (secondary N) is 1. The van der Waals surface area contributed by atoms with Crippen LogP contribution in [0.25, 0.3) is 20.8 Å². The molecule has 0 radical (unpaired) electrons. The van der Waals surface area contributed by atoms with E-state index in [0.717, 1.165) is 35.3 Å². The van der Waals surface area contributed by atoms with Crippen LogP contribution in [0, 0.1) is 6.92 Å². The number of carbonyl (C=O) groups is 1. The second kappa shape index (κ2) is 7.95. The van der Waals surface area contributed by atoms with E-state index in [2.05, 4.69) is 37.2 Å². The van der Waals surface area contributed by atoms with Crippen molar-refractivity contribution in [3.8, 4) is 10.6 Å². The van der Waals surface area contributed by atoms with Crippen molar-refractivity contribution < 1.29 is 4.79 Å². The van der Waals surface area contributed by atoms with Gasteiger partial charge >= 0.3 is 0 Å². The fourth-order valence-electron chi connectivity index (χ4n) is 2.78. The number of nitrogens with zero attached hydrogens (tertiary/aromatic N) is 1. The van der Waals surface area contributed by atoms with Crippen molar-refractivity contribution in [2.45, 2.75) is 6.92 Å². The number of thiazole rings is 1. The Morgan fingerprint density at radius 2 is 1.89 bits per heavy atom. The maximum Gasteiger partial charge on any atom is 0.255 e. The zero-order valence-electron chi connectivity index (χ0n) is 14.6. The molecule has 0 spiro atoms. The summed E-state index contributed by atoms with van der Waals surface area (Å²) in [6.45, 7) is 1.90. The van der Waals surface area contributed by atoms with E-state index in [1.165, 1.54) is 0 Å². The number of para-hydroxylation sites is 1. The molecular weight excluding hydrogens is 524 g/mol. The molecule has 0 aliphatic carbocycles. The molecule has 1 N–H and O–H groups in total. The van der Waals surface area contributed by atoms with Crippen LogP contribution in [-0.4, -0.2) is 10.9 Å². The first-order valence-corrected chi connectivity index (χ1v) is 11.1. The summed E-state index contributed by atoms with van der Waals surface area (Å²) in [4.78, 5) is 17.6. The third-order valence-corrected chi connectivity index (χ3v) is 6.81. The molecule has 7 heteroatoms. The van der Waals surface area contributed by atoms with E-state index in [-0.39, 0.29) is 5.91 Å². The summed E-state index contributed by atoms with van der Waals surface area (Å²) in [6.07, 6.45) is 0.